The Balaban J connectivity index is 2.32. The molecule has 0 fully saturated rings. The maximum atomic E-state index is 12.0. The van der Waals surface area contributed by atoms with Crippen LogP contribution in [0.5, 0.6) is 0 Å². The van der Waals surface area contributed by atoms with Crippen LogP contribution in [0.3, 0.4) is 0 Å². The third kappa shape index (κ3) is 1.91. The molecule has 0 aliphatic carbocycles. The van der Waals surface area contributed by atoms with Crippen molar-refractivity contribution in [2.45, 2.75) is 19.4 Å². The smallest absolute Gasteiger partial charge is 0.276 e. The molecule has 0 saturated heterocycles. The molecule has 0 radical (unpaired) electrons. The SMILES string of the molecule is CC(C)(NN1C(=O)c2ccccc2C1=O)C(=O)Cl. The van der Waals surface area contributed by atoms with Gasteiger partial charge in [0, 0.05) is 0 Å². The number of hydrogen-bond donors (Lipinski definition) is 1. The third-order valence-corrected chi connectivity index (χ3v) is 3.15. The third-order valence-electron chi connectivity index (χ3n) is 2.68. The molecule has 1 aliphatic rings. The Hall–Kier alpha value is -1.72. The van der Waals surface area contributed by atoms with E-state index in [1.807, 2.05) is 0 Å². The predicted molar refractivity (Wildman–Crippen MR) is 65.0 cm³/mol. The quantitative estimate of drug-likeness (QED) is 0.662. The topological polar surface area (TPSA) is 66.5 Å². The molecule has 1 N–H and O–H groups in total. The highest BCUT2D eigenvalue weighted by Gasteiger charge is 2.40. The molecule has 94 valence electrons. The molecule has 0 bridgehead atoms. The molecule has 0 saturated carbocycles. The van der Waals surface area contributed by atoms with Crippen molar-refractivity contribution in [1.29, 1.82) is 0 Å². The van der Waals surface area contributed by atoms with Gasteiger partial charge in [-0.3, -0.25) is 14.4 Å². The van der Waals surface area contributed by atoms with Crippen molar-refractivity contribution in [3.63, 3.8) is 0 Å². The maximum Gasteiger partial charge on any atom is 0.276 e. The van der Waals surface area contributed by atoms with Gasteiger partial charge in [0.1, 0.15) is 5.54 Å². The Kier molecular flexibility index (Phi) is 2.96. The Labute approximate surface area is 109 Å². The van der Waals surface area contributed by atoms with E-state index in [1.165, 1.54) is 13.8 Å². The predicted octanol–water partition coefficient (Wildman–Crippen LogP) is 1.33. The summed E-state index contributed by atoms with van der Waals surface area (Å²) < 4.78 is 0. The molecule has 1 aromatic rings. The average Bonchev–Trinajstić information content (AvgIpc) is 2.55. The number of halogens is 1. The molecule has 6 heteroatoms. The number of hydrogen-bond acceptors (Lipinski definition) is 4. The number of benzene rings is 1. The van der Waals surface area contributed by atoms with Gasteiger partial charge < -0.3 is 0 Å². The summed E-state index contributed by atoms with van der Waals surface area (Å²) in [6, 6.07) is 6.47. The van der Waals surface area contributed by atoms with Gasteiger partial charge in [0.25, 0.3) is 11.8 Å². The van der Waals surface area contributed by atoms with Gasteiger partial charge in [-0.05, 0) is 37.6 Å². The van der Waals surface area contributed by atoms with Crippen molar-refractivity contribution in [1.82, 2.24) is 10.4 Å². The molecule has 1 aliphatic heterocycles. The minimum atomic E-state index is -1.20. The highest BCUT2D eigenvalue weighted by atomic mass is 35.5. The fourth-order valence-corrected chi connectivity index (χ4v) is 1.66. The Morgan fingerprint density at radius 2 is 1.61 bits per heavy atom. The van der Waals surface area contributed by atoms with Crippen LogP contribution >= 0.6 is 11.6 Å². The zero-order valence-electron chi connectivity index (χ0n) is 9.86. The number of nitrogens with zero attached hydrogens (tertiary/aromatic N) is 1. The van der Waals surface area contributed by atoms with Crippen molar-refractivity contribution < 1.29 is 14.4 Å². The lowest BCUT2D eigenvalue weighted by Gasteiger charge is -2.26. The summed E-state index contributed by atoms with van der Waals surface area (Å²) in [5.41, 5.74) is 1.98. The van der Waals surface area contributed by atoms with Gasteiger partial charge in [-0.25, -0.2) is 10.4 Å². The highest BCUT2D eigenvalue weighted by molar-refractivity contribution is 6.65. The second-order valence-corrected chi connectivity index (χ2v) is 4.85. The van der Waals surface area contributed by atoms with Crippen LogP contribution in [0.25, 0.3) is 0 Å². The zero-order valence-corrected chi connectivity index (χ0v) is 10.6. The summed E-state index contributed by atoms with van der Waals surface area (Å²) in [7, 11) is 0. The van der Waals surface area contributed by atoms with Crippen LogP contribution in [0.4, 0.5) is 0 Å². The van der Waals surface area contributed by atoms with Crippen LogP contribution in [0.2, 0.25) is 0 Å². The molecule has 18 heavy (non-hydrogen) atoms. The first-order valence-electron chi connectivity index (χ1n) is 5.30. The molecule has 0 unspecified atom stereocenters. The highest BCUT2D eigenvalue weighted by Crippen LogP contribution is 2.22. The lowest BCUT2D eigenvalue weighted by molar-refractivity contribution is -0.117. The number of imide groups is 1. The lowest BCUT2D eigenvalue weighted by atomic mass is 10.1. The second kappa shape index (κ2) is 4.19. The van der Waals surface area contributed by atoms with Crippen LogP contribution in [-0.2, 0) is 4.79 Å². The molecule has 5 nitrogen and oxygen atoms in total. The van der Waals surface area contributed by atoms with E-state index >= 15 is 0 Å². The van der Waals surface area contributed by atoms with Crippen LogP contribution in [0.15, 0.2) is 24.3 Å². The Morgan fingerprint density at radius 3 is 2.00 bits per heavy atom. The normalized spacial score (nSPS) is 14.9. The number of nitrogens with one attached hydrogen (secondary N) is 1. The molecule has 0 spiro atoms. The summed E-state index contributed by atoms with van der Waals surface area (Å²) in [4.78, 5) is 35.2. The van der Waals surface area contributed by atoms with E-state index in [0.717, 1.165) is 5.01 Å². The fraction of sp³-hybridized carbons (Fsp3) is 0.250. The van der Waals surface area contributed by atoms with Gasteiger partial charge in [-0.1, -0.05) is 12.1 Å². The van der Waals surface area contributed by atoms with Crippen LogP contribution < -0.4 is 5.43 Å². The van der Waals surface area contributed by atoms with E-state index in [4.69, 9.17) is 11.6 Å². The van der Waals surface area contributed by atoms with Gasteiger partial charge in [0.05, 0.1) is 11.1 Å². The minimum absolute atomic E-state index is 0.313. The molecule has 2 amide bonds. The molecule has 1 aromatic carbocycles. The van der Waals surface area contributed by atoms with Gasteiger partial charge in [0.15, 0.2) is 0 Å². The Bertz CT molecular complexity index is 519. The van der Waals surface area contributed by atoms with Crippen molar-refractivity contribution in [3.05, 3.63) is 35.4 Å². The van der Waals surface area contributed by atoms with Gasteiger partial charge >= 0.3 is 0 Å². The maximum absolute atomic E-state index is 12.0. The number of fused-ring (bicyclic) bond motifs is 1. The van der Waals surface area contributed by atoms with E-state index in [9.17, 15) is 14.4 Å². The van der Waals surface area contributed by atoms with Crippen molar-refractivity contribution in [3.8, 4) is 0 Å². The molecular weight excluding hydrogens is 256 g/mol. The first-order valence-corrected chi connectivity index (χ1v) is 5.68. The summed E-state index contributed by atoms with van der Waals surface area (Å²) in [5, 5.41) is 0.143. The molecule has 0 aromatic heterocycles. The van der Waals surface area contributed by atoms with Crippen molar-refractivity contribution in [2.24, 2.45) is 0 Å². The van der Waals surface area contributed by atoms with Gasteiger partial charge in [-0.2, -0.15) is 0 Å². The number of carbonyl (C=O) groups excluding carboxylic acids is 3. The number of hydrazine groups is 1. The standard InChI is InChI=1S/C12H11ClN2O3/c1-12(2,11(13)18)14-15-9(16)7-5-3-4-6-8(7)10(15)17/h3-6,14H,1-2H3. The van der Waals surface area contributed by atoms with Crippen molar-refractivity contribution >= 4 is 28.7 Å². The second-order valence-electron chi connectivity index (χ2n) is 4.50. The molecular formula is C12H11ClN2O3. The summed E-state index contributed by atoms with van der Waals surface area (Å²) in [5.74, 6) is -0.969. The largest absolute Gasteiger partial charge is 0.279 e. The first-order chi connectivity index (χ1) is 8.34. The van der Waals surface area contributed by atoms with Crippen LogP contribution in [-0.4, -0.2) is 27.6 Å². The number of amides is 2. The van der Waals surface area contributed by atoms with Crippen LogP contribution in [0.1, 0.15) is 34.6 Å². The van der Waals surface area contributed by atoms with E-state index in [2.05, 4.69) is 5.43 Å². The van der Waals surface area contributed by atoms with Crippen LogP contribution in [0, 0.1) is 0 Å². The van der Waals surface area contributed by atoms with E-state index < -0.39 is 22.6 Å². The van der Waals surface area contributed by atoms with E-state index in [0.29, 0.717) is 11.1 Å². The summed E-state index contributed by atoms with van der Waals surface area (Å²) >= 11 is 5.40. The lowest BCUT2D eigenvalue weighted by Crippen LogP contribution is -2.56. The summed E-state index contributed by atoms with van der Waals surface area (Å²) in [6.45, 7) is 2.98. The molecule has 2 rings (SSSR count). The number of carbonyl (C=O) groups is 3. The zero-order chi connectivity index (χ0) is 13.5. The minimum Gasteiger partial charge on any atom is -0.279 e. The molecule has 1 heterocycles. The Morgan fingerprint density at radius 1 is 1.17 bits per heavy atom. The van der Waals surface area contributed by atoms with E-state index in [-0.39, 0.29) is 0 Å². The average molecular weight is 267 g/mol. The van der Waals surface area contributed by atoms with E-state index in [1.54, 1.807) is 24.3 Å². The monoisotopic (exact) mass is 266 g/mol. The fourth-order valence-electron chi connectivity index (χ4n) is 1.61. The van der Waals surface area contributed by atoms with Gasteiger partial charge in [-0.15, -0.1) is 0 Å². The van der Waals surface area contributed by atoms with Gasteiger partial charge in [0.2, 0.25) is 5.24 Å². The first kappa shape index (κ1) is 12.7. The summed E-state index contributed by atoms with van der Waals surface area (Å²) in [6.07, 6.45) is 0. The molecule has 0 atom stereocenters. The number of rotatable bonds is 3. The van der Waals surface area contributed by atoms with Crippen molar-refractivity contribution in [2.75, 3.05) is 0 Å².